The Balaban J connectivity index is 1.46. The lowest BCUT2D eigenvalue weighted by atomic mass is 9.96. The maximum absolute atomic E-state index is 14.9. The topological polar surface area (TPSA) is 872 Å². The second-order valence-corrected chi connectivity index (χ2v) is 38.2. The molecule has 31 N–H and O–H groups in total. The van der Waals surface area contributed by atoms with Gasteiger partial charge in [0.25, 0.3) is 0 Å². The summed E-state index contributed by atoms with van der Waals surface area (Å²) in [6, 6.07) is -25.4. The summed E-state index contributed by atoms with van der Waals surface area (Å²) in [5.41, 5.74) is 17.0. The Morgan fingerprint density at radius 2 is 0.730 bits per heavy atom. The summed E-state index contributed by atoms with van der Waals surface area (Å²) in [6.45, 7) is 15.2. The van der Waals surface area contributed by atoms with E-state index in [1.54, 1.807) is 48.5 Å². The van der Waals surface area contributed by atoms with Crippen LogP contribution in [0.5, 0.6) is 5.75 Å². The molecule has 0 aromatic heterocycles. The van der Waals surface area contributed by atoms with Gasteiger partial charge in [-0.1, -0.05) is 80.4 Å². The monoisotopic (exact) mass is 2100 g/mol. The van der Waals surface area contributed by atoms with Crippen molar-refractivity contribution in [2.75, 3.05) is 39.4 Å². The van der Waals surface area contributed by atoms with Crippen molar-refractivity contribution < 1.29 is 161 Å². The van der Waals surface area contributed by atoms with Gasteiger partial charge in [0.1, 0.15) is 108 Å². The number of aliphatic hydroxyl groups excluding tert-OH is 5. The number of phenols is 1. The average Bonchev–Trinajstić information content (AvgIpc) is 1.65. The van der Waals surface area contributed by atoms with Crippen LogP contribution in [0.1, 0.15) is 205 Å². The van der Waals surface area contributed by atoms with E-state index >= 15 is 0 Å². The quantitative estimate of drug-likeness (QED) is 0.0288. The van der Waals surface area contributed by atoms with Gasteiger partial charge >= 0.3 is 17.9 Å². The molecule has 3 aliphatic heterocycles. The van der Waals surface area contributed by atoms with E-state index in [9.17, 15) is 161 Å². The summed E-state index contributed by atoms with van der Waals surface area (Å²) < 4.78 is 0. The number of hydrogen-bond donors (Lipinski definition) is 28. The van der Waals surface area contributed by atoms with Crippen LogP contribution in [0.25, 0.3) is 0 Å². The van der Waals surface area contributed by atoms with Crippen LogP contribution in [0.3, 0.4) is 0 Å². The van der Waals surface area contributed by atoms with Gasteiger partial charge in [0.05, 0.1) is 50.5 Å². The molecular formula is C93H148N22O33. The molecule has 21 amide bonds. The number of primary amides is 2. The van der Waals surface area contributed by atoms with Crippen molar-refractivity contribution >= 4 is 142 Å². The highest BCUT2D eigenvalue weighted by atomic mass is 16.4. The number of phenolic OH excluding ortho intramolecular Hbond substituents is 1. The Morgan fingerprint density at radius 3 is 1.20 bits per heavy atom. The third kappa shape index (κ3) is 40.0. The molecule has 1 aromatic rings. The molecule has 1 aromatic carbocycles. The molecule has 0 aliphatic carbocycles. The van der Waals surface area contributed by atoms with E-state index in [2.05, 4.69) is 85.1 Å². The average molecular weight is 2100 g/mol. The van der Waals surface area contributed by atoms with Crippen LogP contribution in [0.15, 0.2) is 24.3 Å². The summed E-state index contributed by atoms with van der Waals surface area (Å²) >= 11 is 0. The number of rotatable bonds is 62. The fourth-order valence-electron chi connectivity index (χ4n) is 16.3. The number of amides is 21. The van der Waals surface area contributed by atoms with Crippen molar-refractivity contribution in [1.29, 1.82) is 0 Å². The Kier molecular flexibility index (Phi) is 52.1. The van der Waals surface area contributed by atoms with E-state index in [-0.39, 0.29) is 102 Å². The van der Waals surface area contributed by atoms with Crippen LogP contribution in [0.2, 0.25) is 0 Å². The standard InChI is InChI=1S/C93H148N22O33/c1-14-44(7)70(108-77(131)53(94)38-69(127)128)86(140)101-55(26-29-65(95)122)78(132)103-58(36-43(5)6)82(136)111-72(48(11)118)88(142)102-56(27-30-66(96)123)90(144)115-34-18-21-64(115)92(146)114-33-17-20-63(114)85(139)106-60(40-116)83(137)105-59(37-51-22-24-52(121)25-23-51)81(135)104-57(35-42(3)4)80(134)99-46(9)75(129)98-47(10)76(130)107-61(41-117)91(145)113-32-16-19-62(113)84(138)97-39-67(124)100-54(28-31-68(125)126)79(133)110-73(49(12)119)89(143)109-71(45(8)15-2)87(141)112-74(50(13)120)93(147)148/h22-25,42-50,53-64,70-74,116-121H,14-21,26-41,94H2,1-13H3,(H2,95,122)(H2,96,123)(H,97,138)(H,98,129)(H,99,134)(H,100,124)(H,101,140)(H,102,142)(H,103,132)(H,104,135)(H,105,137)(H,106,139)(H,107,130)(H,108,131)(H,109,143)(H,110,133)(H,111,136)(H,112,141)(H,125,126)(H,127,128)(H,147,148)/t44-,45-,46-,47-,48+,49+,50+,53-,54-,55-,56-,57-,58-,59-,60-,61-,62-,63-,64-,70-,71-,72-,73-,74-/m0/s1. The number of carbonyl (C=O) groups excluding carboxylic acids is 21. The predicted octanol–water partition coefficient (Wildman–Crippen LogP) is -10.1. The molecular weight excluding hydrogens is 1950 g/mol. The highest BCUT2D eigenvalue weighted by molar-refractivity contribution is 6.03. The number of nitrogens with one attached hydrogen (secondary N) is 16. The maximum Gasteiger partial charge on any atom is 0.328 e. The van der Waals surface area contributed by atoms with Crippen molar-refractivity contribution in [1.82, 2.24) is 99.8 Å². The van der Waals surface area contributed by atoms with E-state index in [1.807, 2.05) is 0 Å². The normalized spacial score (nSPS) is 18.7. The molecule has 4 rings (SSSR count). The number of benzene rings is 1. The van der Waals surface area contributed by atoms with Crippen LogP contribution in [-0.4, -0.2) is 375 Å². The smallest absolute Gasteiger partial charge is 0.328 e. The third-order valence-electron chi connectivity index (χ3n) is 25.1. The SMILES string of the molecule is CC[C@H](C)[C@H](NC(=O)[C@@H](NC(=O)[C@H](CCC(=O)O)NC(=O)CNC(=O)[C@@H]1CCCN1C(=O)[C@H](CO)NC(=O)[C@H](C)NC(=O)[C@H](C)NC(=O)[C@H](CC(C)C)NC(=O)[C@H](Cc1ccc(O)cc1)NC(=O)[C@H](CO)NC(=O)[C@@H]1CCCN1C(=O)[C@@H]1CCCN1C(=O)[C@H](CCC(N)=O)NC(=O)[C@@H](NC(=O)[C@H](CC(C)C)NC(=O)[C@H](CCC(N)=O)NC(=O)[C@@H](NC(=O)[C@@H](N)CC(=O)O)[C@@H](C)CC)[C@@H](C)O)[C@@H](C)O)C(=O)N[C@H](C(=O)O)[C@@H](C)O. The first-order chi connectivity index (χ1) is 69.3. The number of aliphatic carboxylic acids is 3. The van der Waals surface area contributed by atoms with Gasteiger partial charge < -0.3 is 163 Å². The maximum atomic E-state index is 14.9. The van der Waals surface area contributed by atoms with Crippen LogP contribution in [0.4, 0.5) is 0 Å². The molecule has 828 valence electrons. The van der Waals surface area contributed by atoms with Crippen molar-refractivity contribution in [3.05, 3.63) is 29.8 Å². The minimum absolute atomic E-state index is 0.0185. The first kappa shape index (κ1) is 126. The second kappa shape index (κ2) is 61.0. The molecule has 24 atom stereocenters. The summed E-state index contributed by atoms with van der Waals surface area (Å²) in [5.74, 6) is -28.4. The van der Waals surface area contributed by atoms with Crippen LogP contribution >= 0.6 is 0 Å². The lowest BCUT2D eigenvalue weighted by Gasteiger charge is -2.34. The molecule has 55 heteroatoms. The number of likely N-dealkylation sites (tertiary alicyclic amines) is 3. The number of hydrogen-bond acceptors (Lipinski definition) is 31. The van der Waals surface area contributed by atoms with E-state index in [0.29, 0.717) is 5.56 Å². The lowest BCUT2D eigenvalue weighted by Crippen LogP contribution is -2.62. The first-order valence-electron chi connectivity index (χ1n) is 49.1. The summed E-state index contributed by atoms with van der Waals surface area (Å²) in [7, 11) is 0. The molecule has 148 heavy (non-hydrogen) atoms. The minimum Gasteiger partial charge on any atom is -0.508 e. The minimum atomic E-state index is -1.94. The van der Waals surface area contributed by atoms with Gasteiger partial charge in [0, 0.05) is 45.3 Å². The number of carbonyl (C=O) groups is 24. The van der Waals surface area contributed by atoms with Crippen molar-refractivity contribution in [2.24, 2.45) is 40.9 Å². The predicted molar refractivity (Wildman–Crippen MR) is 518 cm³/mol. The Morgan fingerprint density at radius 1 is 0.372 bits per heavy atom. The summed E-state index contributed by atoms with van der Waals surface area (Å²) in [5, 5.41) is 129. The highest BCUT2D eigenvalue weighted by Crippen LogP contribution is 2.28. The zero-order valence-electron chi connectivity index (χ0n) is 85.2. The van der Waals surface area contributed by atoms with Gasteiger partial charge in [-0.15, -0.1) is 0 Å². The summed E-state index contributed by atoms with van der Waals surface area (Å²) in [6.07, 6.45) is -8.95. The highest BCUT2D eigenvalue weighted by Gasteiger charge is 2.48. The molecule has 3 fully saturated rings. The van der Waals surface area contributed by atoms with E-state index in [1.165, 1.54) is 45.0 Å². The molecule has 55 nitrogen and oxygen atoms in total. The molecule has 3 heterocycles. The number of aromatic hydroxyl groups is 1. The molecule has 3 aliphatic rings. The van der Waals surface area contributed by atoms with Gasteiger partial charge in [-0.2, -0.15) is 0 Å². The van der Waals surface area contributed by atoms with Crippen molar-refractivity contribution in [3.8, 4) is 5.75 Å². The largest absolute Gasteiger partial charge is 0.508 e. The van der Waals surface area contributed by atoms with Gasteiger partial charge in [0.15, 0.2) is 6.04 Å². The van der Waals surface area contributed by atoms with Gasteiger partial charge in [-0.05, 0) is 147 Å². The Bertz CT molecular complexity index is 4850. The molecule has 0 bridgehead atoms. The Hall–Kier alpha value is -13.9. The van der Waals surface area contributed by atoms with Gasteiger partial charge in [-0.3, -0.25) is 110 Å². The molecule has 0 saturated carbocycles. The van der Waals surface area contributed by atoms with Crippen LogP contribution in [0, 0.1) is 23.7 Å². The molecule has 0 unspecified atom stereocenters. The van der Waals surface area contributed by atoms with Gasteiger partial charge in [0.2, 0.25) is 124 Å². The zero-order chi connectivity index (χ0) is 112. The lowest BCUT2D eigenvalue weighted by molar-refractivity contribution is -0.148. The molecule has 0 spiro atoms. The third-order valence-corrected chi connectivity index (χ3v) is 25.1. The molecule has 0 radical (unpaired) electrons. The second-order valence-electron chi connectivity index (χ2n) is 38.2. The number of carboxylic acids is 3. The fourth-order valence-corrected chi connectivity index (χ4v) is 16.3. The number of aliphatic hydroxyl groups is 5. The first-order valence-corrected chi connectivity index (χ1v) is 49.1. The zero-order valence-corrected chi connectivity index (χ0v) is 85.2. The number of nitrogens with zero attached hydrogens (tertiary/aromatic N) is 3. The fraction of sp³-hybridized carbons (Fsp3) is 0.677. The Labute approximate surface area is 853 Å². The summed E-state index contributed by atoms with van der Waals surface area (Å²) in [4.78, 5) is 329. The van der Waals surface area contributed by atoms with Crippen molar-refractivity contribution in [3.63, 3.8) is 0 Å². The van der Waals surface area contributed by atoms with Crippen molar-refractivity contribution in [2.45, 2.75) is 339 Å². The van der Waals surface area contributed by atoms with Crippen LogP contribution in [-0.2, 0) is 121 Å². The van der Waals surface area contributed by atoms with Gasteiger partial charge in [-0.25, -0.2) is 4.79 Å². The van der Waals surface area contributed by atoms with Crippen LogP contribution < -0.4 is 102 Å². The van der Waals surface area contributed by atoms with E-state index in [0.717, 1.165) is 35.5 Å². The number of carboxylic acid groups (broad SMARTS) is 3. The van der Waals surface area contributed by atoms with E-state index < -0.39 is 358 Å². The molecule has 3 saturated heterocycles. The van der Waals surface area contributed by atoms with E-state index in [4.69, 9.17) is 17.2 Å². The number of nitrogens with two attached hydrogens (primary N) is 3.